The summed E-state index contributed by atoms with van der Waals surface area (Å²) in [5, 5.41) is 0. The highest BCUT2D eigenvalue weighted by atomic mass is 32.1. The second-order valence-electron chi connectivity index (χ2n) is 6.53. The maximum atomic E-state index is 5.57. The zero-order valence-electron chi connectivity index (χ0n) is 16.1. The van der Waals surface area contributed by atoms with E-state index >= 15 is 0 Å². The van der Waals surface area contributed by atoms with Crippen LogP contribution in [0.3, 0.4) is 0 Å². The van der Waals surface area contributed by atoms with Gasteiger partial charge in [-0.3, -0.25) is 0 Å². The van der Waals surface area contributed by atoms with Crippen LogP contribution in [0.5, 0.6) is 11.5 Å². The third kappa shape index (κ3) is 3.12. The van der Waals surface area contributed by atoms with Gasteiger partial charge in [-0.25, -0.2) is 19.9 Å². The Hall–Kier alpha value is -3.04. The van der Waals surface area contributed by atoms with Gasteiger partial charge in [0.2, 0.25) is 0 Å². The summed E-state index contributed by atoms with van der Waals surface area (Å²) in [5.74, 6) is 2.85. The van der Waals surface area contributed by atoms with E-state index in [0.29, 0.717) is 30.5 Å². The molecule has 1 fully saturated rings. The van der Waals surface area contributed by atoms with E-state index in [1.165, 1.54) is 0 Å². The molecule has 0 bridgehead atoms. The molecule has 5 rings (SSSR count). The molecule has 1 aliphatic heterocycles. The number of aromatic nitrogens is 4. The molecule has 0 radical (unpaired) electrons. The molecule has 0 unspecified atom stereocenters. The van der Waals surface area contributed by atoms with Gasteiger partial charge >= 0.3 is 0 Å². The van der Waals surface area contributed by atoms with Crippen LogP contribution in [-0.4, -0.2) is 60.5 Å². The number of thiophene rings is 1. The van der Waals surface area contributed by atoms with E-state index in [1.54, 1.807) is 38.0 Å². The molecule has 0 amide bonds. The average Bonchev–Trinajstić information content (AvgIpc) is 3.17. The molecular formula is C20H19N5O3S. The third-order valence-electron chi connectivity index (χ3n) is 4.89. The Labute approximate surface area is 171 Å². The van der Waals surface area contributed by atoms with Crippen LogP contribution in [0.25, 0.3) is 32.0 Å². The average molecular weight is 409 g/mol. The third-order valence-corrected chi connectivity index (χ3v) is 5.97. The van der Waals surface area contributed by atoms with Gasteiger partial charge in [0.15, 0.2) is 11.6 Å². The number of hydrogen-bond donors (Lipinski definition) is 0. The Balaban J connectivity index is 1.79. The standard InChI is InChI=1S/C20H19N5O3S/c1-26-12-3-4-14(27-2)13(11-12)18-23-15-16-20(22-6-5-21-16)29-17(15)19(24-18)25-7-9-28-10-8-25/h3-6,11H,7-10H2,1-2H3. The van der Waals surface area contributed by atoms with Crippen molar-refractivity contribution >= 4 is 37.7 Å². The lowest BCUT2D eigenvalue weighted by Crippen LogP contribution is -2.36. The first-order valence-electron chi connectivity index (χ1n) is 9.25. The predicted octanol–water partition coefficient (Wildman–Crippen LogP) is 3.16. The van der Waals surface area contributed by atoms with Crippen LogP contribution in [0.1, 0.15) is 0 Å². The molecule has 4 aromatic rings. The largest absolute Gasteiger partial charge is 0.497 e. The molecule has 8 nitrogen and oxygen atoms in total. The molecule has 1 saturated heterocycles. The summed E-state index contributed by atoms with van der Waals surface area (Å²) < 4.78 is 17.5. The highest BCUT2D eigenvalue weighted by Gasteiger charge is 2.23. The molecule has 0 aliphatic carbocycles. The molecule has 148 valence electrons. The van der Waals surface area contributed by atoms with Crippen molar-refractivity contribution < 1.29 is 14.2 Å². The summed E-state index contributed by atoms with van der Waals surface area (Å²) in [4.78, 5) is 21.9. The summed E-state index contributed by atoms with van der Waals surface area (Å²) >= 11 is 1.57. The van der Waals surface area contributed by atoms with Crippen molar-refractivity contribution in [1.82, 2.24) is 19.9 Å². The van der Waals surface area contributed by atoms with Crippen LogP contribution in [0.4, 0.5) is 5.82 Å². The lowest BCUT2D eigenvalue weighted by atomic mass is 10.1. The van der Waals surface area contributed by atoms with Gasteiger partial charge < -0.3 is 19.1 Å². The van der Waals surface area contributed by atoms with E-state index in [1.807, 2.05) is 18.2 Å². The lowest BCUT2D eigenvalue weighted by molar-refractivity contribution is 0.122. The van der Waals surface area contributed by atoms with Crippen molar-refractivity contribution in [2.45, 2.75) is 0 Å². The molecule has 1 aliphatic rings. The van der Waals surface area contributed by atoms with Crippen molar-refractivity contribution in [3.8, 4) is 22.9 Å². The highest BCUT2D eigenvalue weighted by Crippen LogP contribution is 2.39. The van der Waals surface area contributed by atoms with Crippen LogP contribution >= 0.6 is 11.3 Å². The molecule has 0 N–H and O–H groups in total. The van der Waals surface area contributed by atoms with Crippen molar-refractivity contribution in [3.63, 3.8) is 0 Å². The molecule has 1 aromatic carbocycles. The van der Waals surface area contributed by atoms with Gasteiger partial charge in [0.1, 0.15) is 27.4 Å². The van der Waals surface area contributed by atoms with Gasteiger partial charge in [0, 0.05) is 25.5 Å². The Bertz CT molecular complexity index is 1190. The topological polar surface area (TPSA) is 82.5 Å². The minimum atomic E-state index is 0.570. The van der Waals surface area contributed by atoms with E-state index in [2.05, 4.69) is 14.9 Å². The van der Waals surface area contributed by atoms with Crippen molar-refractivity contribution in [2.24, 2.45) is 0 Å². The lowest BCUT2D eigenvalue weighted by Gasteiger charge is -2.28. The zero-order valence-corrected chi connectivity index (χ0v) is 16.9. The molecule has 0 saturated carbocycles. The van der Waals surface area contributed by atoms with Gasteiger partial charge in [0.25, 0.3) is 0 Å². The minimum absolute atomic E-state index is 0.570. The Morgan fingerprint density at radius 1 is 1.00 bits per heavy atom. The van der Waals surface area contributed by atoms with Crippen molar-refractivity contribution in [1.29, 1.82) is 0 Å². The Kier molecular flexibility index (Phi) is 4.61. The fraction of sp³-hybridized carbons (Fsp3) is 0.300. The summed E-state index contributed by atoms with van der Waals surface area (Å²) in [5.41, 5.74) is 2.36. The number of fused-ring (bicyclic) bond motifs is 3. The van der Waals surface area contributed by atoms with Crippen LogP contribution in [-0.2, 0) is 4.74 Å². The van der Waals surface area contributed by atoms with Crippen molar-refractivity contribution in [2.75, 3.05) is 45.4 Å². The molecule has 3 aromatic heterocycles. The molecule has 9 heteroatoms. The normalized spacial score (nSPS) is 14.5. The number of anilines is 1. The summed E-state index contributed by atoms with van der Waals surface area (Å²) in [7, 11) is 3.27. The van der Waals surface area contributed by atoms with E-state index in [4.69, 9.17) is 24.2 Å². The smallest absolute Gasteiger partial charge is 0.166 e. The Morgan fingerprint density at radius 2 is 1.83 bits per heavy atom. The highest BCUT2D eigenvalue weighted by molar-refractivity contribution is 7.25. The number of benzene rings is 1. The van der Waals surface area contributed by atoms with Gasteiger partial charge in [-0.1, -0.05) is 0 Å². The summed E-state index contributed by atoms with van der Waals surface area (Å²) in [6, 6.07) is 5.61. The first-order chi connectivity index (χ1) is 14.3. The van der Waals surface area contributed by atoms with E-state index in [-0.39, 0.29) is 0 Å². The number of rotatable bonds is 4. The molecule has 4 heterocycles. The SMILES string of the molecule is COc1ccc(OC)c(-c2nc(N3CCOCC3)c3sc4nccnc4c3n2)c1. The minimum Gasteiger partial charge on any atom is -0.497 e. The molecule has 0 spiro atoms. The van der Waals surface area contributed by atoms with Crippen LogP contribution in [0, 0.1) is 0 Å². The van der Waals surface area contributed by atoms with Crippen LogP contribution < -0.4 is 14.4 Å². The van der Waals surface area contributed by atoms with Gasteiger partial charge in [-0.2, -0.15) is 0 Å². The van der Waals surface area contributed by atoms with Crippen molar-refractivity contribution in [3.05, 3.63) is 30.6 Å². The number of morpholine rings is 1. The predicted molar refractivity (Wildman–Crippen MR) is 112 cm³/mol. The van der Waals surface area contributed by atoms with Gasteiger partial charge in [-0.05, 0) is 18.2 Å². The molecule has 0 atom stereocenters. The maximum Gasteiger partial charge on any atom is 0.166 e. The fourth-order valence-electron chi connectivity index (χ4n) is 3.45. The van der Waals surface area contributed by atoms with Gasteiger partial charge in [-0.15, -0.1) is 11.3 Å². The molecule has 29 heavy (non-hydrogen) atoms. The second-order valence-corrected chi connectivity index (χ2v) is 7.53. The summed E-state index contributed by atoms with van der Waals surface area (Å²) in [6.45, 7) is 2.89. The second kappa shape index (κ2) is 7.41. The number of methoxy groups -OCH3 is 2. The van der Waals surface area contributed by atoms with Crippen LogP contribution in [0.2, 0.25) is 0 Å². The first-order valence-corrected chi connectivity index (χ1v) is 10.1. The quantitative estimate of drug-likeness (QED) is 0.508. The monoisotopic (exact) mass is 409 g/mol. The number of nitrogens with zero attached hydrogens (tertiary/aromatic N) is 5. The van der Waals surface area contributed by atoms with E-state index in [0.717, 1.165) is 45.0 Å². The van der Waals surface area contributed by atoms with E-state index < -0.39 is 0 Å². The van der Waals surface area contributed by atoms with Crippen LogP contribution in [0.15, 0.2) is 30.6 Å². The van der Waals surface area contributed by atoms with Gasteiger partial charge in [0.05, 0.1) is 37.7 Å². The number of ether oxygens (including phenoxy) is 3. The zero-order chi connectivity index (χ0) is 19.8. The first kappa shape index (κ1) is 18.0. The number of hydrogen-bond acceptors (Lipinski definition) is 9. The Morgan fingerprint density at radius 3 is 2.62 bits per heavy atom. The maximum absolute atomic E-state index is 5.57. The molecular weight excluding hydrogens is 390 g/mol. The summed E-state index contributed by atoms with van der Waals surface area (Å²) in [6.07, 6.45) is 3.39. The van der Waals surface area contributed by atoms with E-state index in [9.17, 15) is 0 Å². The fourth-order valence-corrected chi connectivity index (χ4v) is 4.51.